The van der Waals surface area contributed by atoms with Crippen LogP contribution in [0.3, 0.4) is 0 Å². The number of hydrogen-bond acceptors (Lipinski definition) is 3. The Morgan fingerprint density at radius 1 is 1.12 bits per heavy atom. The van der Waals surface area contributed by atoms with Crippen molar-refractivity contribution in [2.24, 2.45) is 0 Å². The average molecular weight is 347 g/mol. The van der Waals surface area contributed by atoms with E-state index in [1.165, 1.54) is 0 Å². The first-order valence-corrected chi connectivity index (χ1v) is 8.08. The van der Waals surface area contributed by atoms with E-state index in [4.69, 9.17) is 21.1 Å². The molecule has 2 aromatic rings. The number of ether oxygens (including phenoxy) is 2. The Bertz CT molecular complexity index is 688. The zero-order valence-electron chi connectivity index (χ0n) is 13.3. The Kier molecular flexibility index (Phi) is 5.23. The number of urea groups is 1. The zero-order valence-corrected chi connectivity index (χ0v) is 14.0. The molecular weight excluding hydrogens is 328 g/mol. The lowest BCUT2D eigenvalue weighted by molar-refractivity contribution is 0.187. The lowest BCUT2D eigenvalue weighted by Crippen LogP contribution is -2.41. The molecule has 1 saturated heterocycles. The third-order valence-corrected chi connectivity index (χ3v) is 4.30. The van der Waals surface area contributed by atoms with Crippen molar-refractivity contribution in [1.29, 1.82) is 0 Å². The van der Waals surface area contributed by atoms with Gasteiger partial charge in [-0.15, -0.1) is 0 Å². The minimum Gasteiger partial charge on any atom is -0.497 e. The number of rotatable bonds is 4. The summed E-state index contributed by atoms with van der Waals surface area (Å²) in [6.45, 7) is 1.07. The topological polar surface area (TPSA) is 59.6 Å². The predicted molar refractivity (Wildman–Crippen MR) is 93.9 cm³/mol. The fourth-order valence-electron chi connectivity index (χ4n) is 2.74. The Morgan fingerprint density at radius 3 is 2.50 bits per heavy atom. The van der Waals surface area contributed by atoms with Crippen molar-refractivity contribution in [3.63, 3.8) is 0 Å². The van der Waals surface area contributed by atoms with Gasteiger partial charge in [0.05, 0.1) is 26.4 Å². The molecule has 126 valence electrons. The molecule has 2 amide bonds. The Labute approximate surface area is 145 Å². The average Bonchev–Trinajstić information content (AvgIpc) is 3.05. The lowest BCUT2D eigenvalue weighted by Gasteiger charge is -2.20. The first-order valence-electron chi connectivity index (χ1n) is 7.70. The van der Waals surface area contributed by atoms with Gasteiger partial charge >= 0.3 is 6.03 Å². The van der Waals surface area contributed by atoms with E-state index in [2.05, 4.69) is 10.6 Å². The van der Waals surface area contributed by atoms with Crippen LogP contribution in [0.1, 0.15) is 11.5 Å². The molecule has 2 aromatic carbocycles. The summed E-state index contributed by atoms with van der Waals surface area (Å²) in [5.41, 5.74) is 1.81. The van der Waals surface area contributed by atoms with Crippen LogP contribution in [0.15, 0.2) is 48.5 Å². The molecule has 0 aromatic heterocycles. The molecule has 3 rings (SSSR count). The highest BCUT2D eigenvalue weighted by Crippen LogP contribution is 2.27. The van der Waals surface area contributed by atoms with Crippen LogP contribution in [0.25, 0.3) is 0 Å². The number of nitrogens with one attached hydrogen (secondary N) is 2. The Morgan fingerprint density at radius 2 is 1.83 bits per heavy atom. The monoisotopic (exact) mass is 346 g/mol. The molecule has 5 nitrogen and oxygen atoms in total. The number of amides is 2. The lowest BCUT2D eigenvalue weighted by atomic mass is 9.94. The van der Waals surface area contributed by atoms with Gasteiger partial charge in [0.2, 0.25) is 0 Å². The highest BCUT2D eigenvalue weighted by Gasteiger charge is 2.30. The van der Waals surface area contributed by atoms with Gasteiger partial charge in [0.25, 0.3) is 0 Å². The summed E-state index contributed by atoms with van der Waals surface area (Å²) in [5.74, 6) is 0.925. The van der Waals surface area contributed by atoms with Crippen LogP contribution >= 0.6 is 11.6 Å². The largest absolute Gasteiger partial charge is 0.497 e. The minimum atomic E-state index is -0.258. The van der Waals surface area contributed by atoms with E-state index in [1.807, 2.05) is 24.3 Å². The number of anilines is 1. The highest BCUT2D eigenvalue weighted by molar-refractivity contribution is 6.30. The van der Waals surface area contributed by atoms with Crippen LogP contribution in [0, 0.1) is 0 Å². The first-order chi connectivity index (χ1) is 11.7. The van der Waals surface area contributed by atoms with Gasteiger partial charge in [-0.1, -0.05) is 23.7 Å². The van der Waals surface area contributed by atoms with Crippen molar-refractivity contribution < 1.29 is 14.3 Å². The van der Waals surface area contributed by atoms with E-state index in [9.17, 15) is 4.79 Å². The normalized spacial score (nSPS) is 19.8. The van der Waals surface area contributed by atoms with E-state index >= 15 is 0 Å². The molecule has 2 N–H and O–H groups in total. The van der Waals surface area contributed by atoms with Crippen molar-refractivity contribution >= 4 is 23.3 Å². The number of benzene rings is 2. The summed E-state index contributed by atoms with van der Waals surface area (Å²) in [4.78, 5) is 12.2. The molecule has 0 aliphatic carbocycles. The van der Waals surface area contributed by atoms with Crippen LogP contribution in [0.5, 0.6) is 5.75 Å². The summed E-state index contributed by atoms with van der Waals surface area (Å²) >= 11 is 5.84. The smallest absolute Gasteiger partial charge is 0.319 e. The molecule has 0 saturated carbocycles. The van der Waals surface area contributed by atoms with Crippen molar-refractivity contribution in [2.45, 2.75) is 12.0 Å². The zero-order chi connectivity index (χ0) is 16.9. The van der Waals surface area contributed by atoms with Crippen LogP contribution < -0.4 is 15.4 Å². The van der Waals surface area contributed by atoms with Crippen molar-refractivity contribution in [3.05, 3.63) is 59.1 Å². The van der Waals surface area contributed by atoms with Crippen molar-refractivity contribution in [1.82, 2.24) is 5.32 Å². The van der Waals surface area contributed by atoms with Crippen LogP contribution in [0.2, 0.25) is 5.02 Å². The van der Waals surface area contributed by atoms with Gasteiger partial charge in [-0.05, 0) is 42.0 Å². The van der Waals surface area contributed by atoms with Gasteiger partial charge in [0, 0.05) is 16.6 Å². The molecule has 2 atom stereocenters. The summed E-state index contributed by atoms with van der Waals surface area (Å²) in [6.07, 6.45) is 0. The van der Waals surface area contributed by atoms with Crippen LogP contribution in [-0.2, 0) is 4.74 Å². The van der Waals surface area contributed by atoms with E-state index in [-0.39, 0.29) is 18.0 Å². The fraction of sp³-hybridized carbons (Fsp3) is 0.278. The molecule has 0 spiro atoms. The first kappa shape index (κ1) is 16.6. The predicted octanol–water partition coefficient (Wildman–Crippen LogP) is 3.65. The van der Waals surface area contributed by atoms with Gasteiger partial charge in [-0.25, -0.2) is 4.79 Å². The number of methoxy groups -OCH3 is 1. The van der Waals surface area contributed by atoms with Crippen molar-refractivity contribution in [2.75, 3.05) is 25.6 Å². The Balaban J connectivity index is 1.62. The molecular formula is C18H19ClN2O3. The second-order valence-electron chi connectivity index (χ2n) is 5.63. The fourth-order valence-corrected chi connectivity index (χ4v) is 2.87. The second-order valence-corrected chi connectivity index (χ2v) is 6.07. The molecule has 1 aliphatic heterocycles. The summed E-state index contributed by atoms with van der Waals surface area (Å²) in [7, 11) is 1.64. The van der Waals surface area contributed by atoms with Gasteiger partial charge in [-0.3, -0.25) is 0 Å². The third kappa shape index (κ3) is 3.99. The number of carbonyl (C=O) groups is 1. The minimum absolute atomic E-state index is 0.0781. The van der Waals surface area contributed by atoms with Gasteiger partial charge in [-0.2, -0.15) is 0 Å². The van der Waals surface area contributed by atoms with E-state index in [0.717, 1.165) is 11.3 Å². The molecule has 0 radical (unpaired) electrons. The molecule has 0 bridgehead atoms. The summed E-state index contributed by atoms with van der Waals surface area (Å²) < 4.78 is 10.7. The van der Waals surface area contributed by atoms with Gasteiger partial charge in [0.1, 0.15) is 5.75 Å². The number of carbonyl (C=O) groups excluding carboxylic acids is 1. The maximum atomic E-state index is 12.2. The summed E-state index contributed by atoms with van der Waals surface area (Å²) in [5, 5.41) is 6.41. The molecule has 1 aliphatic rings. The van der Waals surface area contributed by atoms with Crippen molar-refractivity contribution in [3.8, 4) is 5.75 Å². The van der Waals surface area contributed by atoms with E-state index in [1.54, 1.807) is 31.4 Å². The maximum Gasteiger partial charge on any atom is 0.319 e. The maximum absolute atomic E-state index is 12.2. The summed E-state index contributed by atoms with van der Waals surface area (Å²) in [6, 6.07) is 14.5. The molecule has 1 heterocycles. The molecule has 6 heteroatoms. The molecule has 24 heavy (non-hydrogen) atoms. The van der Waals surface area contributed by atoms with Gasteiger partial charge in [0.15, 0.2) is 0 Å². The highest BCUT2D eigenvalue weighted by atomic mass is 35.5. The quantitative estimate of drug-likeness (QED) is 0.888. The van der Waals surface area contributed by atoms with Crippen LogP contribution in [0.4, 0.5) is 10.5 Å². The number of halogens is 1. The van der Waals surface area contributed by atoms with E-state index < -0.39 is 0 Å². The second kappa shape index (κ2) is 7.55. The number of hydrogen-bond donors (Lipinski definition) is 2. The standard InChI is InChI=1S/C18H19ClN2O3/c1-23-15-8-2-12(3-9-15)16-10-24-11-17(16)21-18(22)20-14-6-4-13(19)5-7-14/h2-9,16-17H,10-11H2,1H3,(H2,20,21,22)/t16-,17?/m0/s1. The molecule has 1 unspecified atom stereocenters. The van der Waals surface area contributed by atoms with Gasteiger partial charge < -0.3 is 20.1 Å². The molecule has 1 fully saturated rings. The van der Waals surface area contributed by atoms with E-state index in [0.29, 0.717) is 23.9 Å². The SMILES string of the molecule is COc1ccc([C@@H]2COCC2NC(=O)Nc2ccc(Cl)cc2)cc1. The Hall–Kier alpha value is -2.24. The van der Waals surface area contributed by atoms with Crippen LogP contribution in [-0.4, -0.2) is 32.4 Å². The third-order valence-electron chi connectivity index (χ3n) is 4.04.